The van der Waals surface area contributed by atoms with Crippen LogP contribution >= 0.6 is 35.5 Å². The molecule has 17 heteroatoms. The molecule has 5 rings (SSSR count). The molecule has 0 bridgehead atoms. The van der Waals surface area contributed by atoms with Crippen LogP contribution in [0.4, 0.5) is 5.13 Å². The number of tetrazole rings is 1. The molecule has 2 atom stereocenters. The van der Waals surface area contributed by atoms with Crippen LogP contribution in [-0.4, -0.2) is 105 Å². The number of carboxylic acids is 1. The van der Waals surface area contributed by atoms with Gasteiger partial charge in [0.15, 0.2) is 10.7 Å². The summed E-state index contributed by atoms with van der Waals surface area (Å²) in [5, 5.41) is 17.8. The Morgan fingerprint density at radius 2 is 2.14 bits per heavy atom. The summed E-state index contributed by atoms with van der Waals surface area (Å²) in [6.45, 7) is 1.68. The van der Waals surface area contributed by atoms with E-state index in [1.54, 1.807) is 19.4 Å². The van der Waals surface area contributed by atoms with Crippen molar-refractivity contribution in [1.82, 2.24) is 29.8 Å². The van der Waals surface area contributed by atoms with Crippen LogP contribution in [-0.2, 0) is 26.2 Å². The molecule has 3 aliphatic heterocycles. The van der Waals surface area contributed by atoms with E-state index in [0.29, 0.717) is 5.57 Å². The summed E-state index contributed by atoms with van der Waals surface area (Å²) in [6, 6.07) is 0. The Kier molecular flexibility index (Phi) is 6.56. The van der Waals surface area contributed by atoms with Crippen LogP contribution in [0.5, 0.6) is 0 Å². The molecule has 0 spiro atoms. The number of nitrogens with two attached hydrogens (primary N) is 1. The zero-order valence-electron chi connectivity index (χ0n) is 17.7. The van der Waals surface area contributed by atoms with E-state index < -0.39 is 34.6 Å². The Morgan fingerprint density at radius 1 is 1.43 bits per heavy atom. The van der Waals surface area contributed by atoms with Crippen molar-refractivity contribution in [2.24, 2.45) is 7.05 Å². The molecule has 0 aromatic carbocycles. The molecule has 4 N–H and O–H groups in total. The molecule has 0 radical (unpaired) electrons. The summed E-state index contributed by atoms with van der Waals surface area (Å²) in [5.74, 6) is -2.86. The second-order valence-corrected chi connectivity index (χ2v) is 10.0. The van der Waals surface area contributed by atoms with Crippen LogP contribution in [0.3, 0.4) is 0 Å². The van der Waals surface area contributed by atoms with Crippen molar-refractivity contribution in [3.8, 4) is 0 Å². The Labute approximate surface area is 233 Å². The van der Waals surface area contributed by atoms with Crippen molar-refractivity contribution in [3.05, 3.63) is 28.7 Å². The number of nitrogens with one attached hydrogen (secondary N) is 1. The fourth-order valence-electron chi connectivity index (χ4n) is 4.52. The van der Waals surface area contributed by atoms with Crippen LogP contribution in [0.2, 0.25) is 0 Å². The number of amides is 3. The molecule has 2 aromatic rings. The van der Waals surface area contributed by atoms with E-state index in [2.05, 4.69) is 15.3 Å². The number of carbonyl (C=O) groups excluding carboxylic acids is 3. The number of hydrogen-bond donors (Lipinski definition) is 3. The number of imide groups is 1. The van der Waals surface area contributed by atoms with Crippen LogP contribution in [0.25, 0.3) is 11.1 Å². The average Bonchev–Trinajstić information content (AvgIpc) is 3.45. The summed E-state index contributed by atoms with van der Waals surface area (Å²) in [7, 11) is 1.61. The minimum absolute atomic E-state index is 0. The first kappa shape index (κ1) is 25.7. The molecule has 13 nitrogen and oxygen atoms in total. The number of aromatic amines is 1. The number of thiazole rings is 1. The summed E-state index contributed by atoms with van der Waals surface area (Å²) in [5.41, 5.74) is 4.48. The van der Waals surface area contributed by atoms with Crippen LogP contribution in [0.1, 0.15) is 24.9 Å². The molecule has 2 aromatic heterocycles. The Bertz CT molecular complexity index is 1430. The van der Waals surface area contributed by atoms with Crippen molar-refractivity contribution in [3.63, 3.8) is 0 Å². The summed E-state index contributed by atoms with van der Waals surface area (Å²) in [4.78, 5) is 58.3. The van der Waals surface area contributed by atoms with Crippen molar-refractivity contribution in [1.29, 1.82) is 0 Å². The van der Waals surface area contributed by atoms with Gasteiger partial charge in [-0.3, -0.25) is 24.2 Å². The van der Waals surface area contributed by atoms with Gasteiger partial charge < -0.3 is 10.8 Å². The van der Waals surface area contributed by atoms with Crippen LogP contribution < -0.4 is 9.58 Å². The van der Waals surface area contributed by atoms with E-state index in [4.69, 9.17) is 18.2 Å². The quantitative estimate of drug-likeness (QED) is 0.183. The van der Waals surface area contributed by atoms with E-state index in [1.807, 2.05) is 0 Å². The zero-order valence-corrected chi connectivity index (χ0v) is 20.2. The van der Waals surface area contributed by atoms with Gasteiger partial charge in [-0.25, -0.2) is 9.78 Å². The van der Waals surface area contributed by atoms with E-state index in [-0.39, 0.29) is 69.7 Å². The third-order valence-electron chi connectivity index (χ3n) is 6.01. The van der Waals surface area contributed by atoms with Gasteiger partial charge in [-0.15, -0.1) is 27.8 Å². The van der Waals surface area contributed by atoms with E-state index in [9.17, 15) is 24.3 Å². The second-order valence-electron chi connectivity index (χ2n) is 7.71. The standard InChI is InChI=1S/C18H16N8O5S3.Na.H/c1-3-18(25-10(27)4-7(13(25)28)9-6-34-17(19)20-9)15(31)24-11(14(29)30)8(5-33-16(18)24)12-21-26(32)22-23(12)2;;/h4,6,16H,3,5H2,1-2H3,(H3-,19,20,22,29,30,32);;/p+1/t16-,18?;;/m0../s1. The molecule has 1 unspecified atom stereocenters. The van der Waals surface area contributed by atoms with E-state index in [0.717, 1.165) is 31.1 Å². The summed E-state index contributed by atoms with van der Waals surface area (Å²) >= 11 is 7.34. The van der Waals surface area contributed by atoms with Crippen LogP contribution in [0.15, 0.2) is 17.2 Å². The van der Waals surface area contributed by atoms with Gasteiger partial charge in [0.2, 0.25) is 12.4 Å². The molecular weight excluding hydrogens is 527 g/mol. The zero-order chi connectivity index (χ0) is 24.5. The fraction of sp³-hybridized carbons (Fsp3) is 0.333. The van der Waals surface area contributed by atoms with Gasteiger partial charge in [0.1, 0.15) is 18.1 Å². The predicted octanol–water partition coefficient (Wildman–Crippen LogP) is -1.02. The Balaban J connectivity index is 0.00000289. The number of aliphatic carboxylic acids is 1. The Hall–Kier alpha value is -2.37. The number of thioether (sulfide) groups is 1. The first-order chi connectivity index (χ1) is 16.1. The normalized spacial score (nSPS) is 23.8. The number of anilines is 1. The summed E-state index contributed by atoms with van der Waals surface area (Å²) in [6.07, 6.45) is 1.26. The molecular formula is C18H18N8NaO5S3+. The first-order valence-corrected chi connectivity index (χ1v) is 12.2. The second kappa shape index (κ2) is 8.94. The molecule has 1 saturated heterocycles. The third-order valence-corrected chi connectivity index (χ3v) is 8.22. The minimum atomic E-state index is -1.53. The number of fused-ring (bicyclic) bond motifs is 1. The number of nitrogens with zero attached hydrogens (tertiary/aromatic N) is 6. The number of rotatable bonds is 5. The average molecular weight is 546 g/mol. The number of carboxylic acid groups (broad SMARTS) is 1. The topological polar surface area (TPSA) is 173 Å². The SMILES string of the molecule is CCC1(N2C(=O)C=C(c3csc(N)n3)C2=O)C(=O)N2C(C(=O)O)=C(c3n[n+](=S)[nH]n3C)CS[C@H]21.[NaH]. The monoisotopic (exact) mass is 545 g/mol. The van der Waals surface area contributed by atoms with Gasteiger partial charge in [0.05, 0.1) is 16.8 Å². The van der Waals surface area contributed by atoms with Gasteiger partial charge in [-0.2, -0.15) is 0 Å². The molecule has 5 heterocycles. The molecule has 3 amide bonds. The number of nitrogen functional groups attached to an aromatic ring is 1. The van der Waals surface area contributed by atoms with Crippen molar-refractivity contribution in [2.45, 2.75) is 24.3 Å². The number of β-lactam (4-membered cyclic amide) rings is 1. The van der Waals surface area contributed by atoms with Crippen molar-refractivity contribution >= 4 is 105 Å². The van der Waals surface area contributed by atoms with Crippen molar-refractivity contribution < 1.29 is 28.1 Å². The Morgan fingerprint density at radius 3 is 2.69 bits per heavy atom. The van der Waals surface area contributed by atoms with Gasteiger partial charge in [0.25, 0.3) is 23.5 Å². The molecule has 178 valence electrons. The van der Waals surface area contributed by atoms with Gasteiger partial charge in [0, 0.05) is 26.2 Å². The van der Waals surface area contributed by atoms with E-state index >= 15 is 0 Å². The maximum atomic E-state index is 13.6. The molecule has 0 aliphatic carbocycles. The van der Waals surface area contributed by atoms with Gasteiger partial charge >= 0.3 is 35.5 Å². The molecule has 3 aliphatic rings. The van der Waals surface area contributed by atoms with Crippen LogP contribution in [0, 0.1) is 0 Å². The maximum absolute atomic E-state index is 13.6. The molecule has 0 saturated carbocycles. The predicted molar refractivity (Wildman–Crippen MR) is 129 cm³/mol. The first-order valence-electron chi connectivity index (χ1n) is 9.91. The molecule has 35 heavy (non-hydrogen) atoms. The summed E-state index contributed by atoms with van der Waals surface area (Å²) < 4.78 is 2.46. The number of H-pyrrole nitrogens is 1. The van der Waals surface area contributed by atoms with E-state index in [1.165, 1.54) is 16.4 Å². The third kappa shape index (κ3) is 3.54. The number of aryl methyl sites for hydroxylation is 1. The van der Waals surface area contributed by atoms with Gasteiger partial charge in [-0.1, -0.05) is 12.1 Å². The number of aromatic nitrogens is 5. The molecule has 1 fully saturated rings. The number of hydrogen-bond acceptors (Lipinski definition) is 10. The number of carbonyl (C=O) groups is 4. The fourth-order valence-corrected chi connectivity index (χ4v) is 6.88. The van der Waals surface area contributed by atoms with Crippen molar-refractivity contribution in [2.75, 3.05) is 11.5 Å². The van der Waals surface area contributed by atoms with Gasteiger partial charge in [-0.05, 0) is 6.42 Å².